The first-order valence-corrected chi connectivity index (χ1v) is 6.85. The van der Waals surface area contributed by atoms with E-state index in [1.807, 2.05) is 25.8 Å². The van der Waals surface area contributed by atoms with E-state index in [1.54, 1.807) is 0 Å². The molecule has 0 aromatic carbocycles. The van der Waals surface area contributed by atoms with Gasteiger partial charge in [-0.2, -0.15) is 0 Å². The van der Waals surface area contributed by atoms with Gasteiger partial charge in [0.15, 0.2) is 0 Å². The second-order valence-corrected chi connectivity index (χ2v) is 5.46. The topological polar surface area (TPSA) is 96.2 Å². The molecule has 7 heteroatoms. The third kappa shape index (κ3) is 3.36. The summed E-state index contributed by atoms with van der Waals surface area (Å²) < 4.78 is 0. The number of carbonyl (C=O) groups excluding carboxylic acids is 1. The zero-order chi connectivity index (χ0) is 14.7. The Hall–Kier alpha value is -1.89. The fourth-order valence-corrected chi connectivity index (χ4v) is 2.13. The van der Waals surface area contributed by atoms with Crippen LogP contribution in [0.5, 0.6) is 0 Å². The number of nitrogens with one attached hydrogen (secondary N) is 2. The number of aromatic nitrogens is 2. The molecule has 110 valence electrons. The molecule has 0 atom stereocenters. The summed E-state index contributed by atoms with van der Waals surface area (Å²) >= 11 is 0. The van der Waals surface area contributed by atoms with Crippen LogP contribution >= 0.6 is 0 Å². The molecule has 1 aromatic heterocycles. The fraction of sp³-hybridized carbons (Fsp3) is 0.615. The van der Waals surface area contributed by atoms with Gasteiger partial charge in [0.1, 0.15) is 18.0 Å². The van der Waals surface area contributed by atoms with Crippen molar-refractivity contribution in [2.45, 2.75) is 38.6 Å². The summed E-state index contributed by atoms with van der Waals surface area (Å²) in [5.41, 5.74) is 3.50. The number of hydrogen-bond acceptors (Lipinski definition) is 6. The van der Waals surface area contributed by atoms with E-state index in [4.69, 9.17) is 5.84 Å². The number of likely N-dealkylation sites (N-methyl/N-ethyl adjacent to an activating group) is 1. The Balaban J connectivity index is 2.15. The Morgan fingerprint density at radius 2 is 2.20 bits per heavy atom. The lowest BCUT2D eigenvalue weighted by Crippen LogP contribution is -2.37. The van der Waals surface area contributed by atoms with E-state index in [2.05, 4.69) is 20.7 Å². The number of rotatable bonds is 6. The summed E-state index contributed by atoms with van der Waals surface area (Å²) in [5, 5.41) is 2.97. The van der Waals surface area contributed by atoms with Crippen molar-refractivity contribution in [3.8, 4) is 0 Å². The van der Waals surface area contributed by atoms with Gasteiger partial charge in [0.2, 0.25) is 5.91 Å². The van der Waals surface area contributed by atoms with Crippen molar-refractivity contribution in [3.63, 3.8) is 0 Å². The maximum atomic E-state index is 11.9. The van der Waals surface area contributed by atoms with Crippen molar-refractivity contribution in [3.05, 3.63) is 11.9 Å². The van der Waals surface area contributed by atoms with Crippen LogP contribution < -0.4 is 21.5 Å². The average Bonchev–Trinajstić information content (AvgIpc) is 3.21. The molecule has 0 unspecified atom stereocenters. The molecule has 0 radical (unpaired) electrons. The molecular formula is C13H22N6O. The van der Waals surface area contributed by atoms with Crippen LogP contribution in [0.4, 0.5) is 11.6 Å². The number of nitrogens with zero attached hydrogens (tertiary/aromatic N) is 3. The van der Waals surface area contributed by atoms with Gasteiger partial charge in [0.05, 0.1) is 6.54 Å². The summed E-state index contributed by atoms with van der Waals surface area (Å²) in [6.07, 6.45) is 3.62. The molecule has 0 spiro atoms. The predicted octanol–water partition coefficient (Wildman–Crippen LogP) is 0.600. The number of amides is 1. The van der Waals surface area contributed by atoms with Crippen molar-refractivity contribution < 1.29 is 4.79 Å². The monoisotopic (exact) mass is 278 g/mol. The first-order chi connectivity index (χ1) is 9.52. The van der Waals surface area contributed by atoms with E-state index in [1.165, 1.54) is 6.33 Å². The van der Waals surface area contributed by atoms with E-state index in [0.29, 0.717) is 11.9 Å². The number of nitrogen functional groups attached to an aromatic ring is 1. The molecule has 2 rings (SSSR count). The number of anilines is 2. The van der Waals surface area contributed by atoms with Crippen molar-refractivity contribution in [2.24, 2.45) is 5.84 Å². The summed E-state index contributed by atoms with van der Waals surface area (Å²) in [7, 11) is 1.85. The number of hydrazine groups is 1. The van der Waals surface area contributed by atoms with Crippen molar-refractivity contribution in [1.82, 2.24) is 15.3 Å². The molecule has 0 bridgehead atoms. The first-order valence-electron chi connectivity index (χ1n) is 6.85. The van der Waals surface area contributed by atoms with Crippen LogP contribution in [0.2, 0.25) is 0 Å². The van der Waals surface area contributed by atoms with Gasteiger partial charge in [-0.05, 0) is 18.8 Å². The Bertz CT molecular complexity index is 486. The molecule has 1 fully saturated rings. The smallest absolute Gasteiger partial charge is 0.239 e. The molecule has 1 heterocycles. The quantitative estimate of drug-likeness (QED) is 0.521. The molecule has 1 amide bonds. The van der Waals surface area contributed by atoms with Gasteiger partial charge in [-0.3, -0.25) is 4.79 Å². The van der Waals surface area contributed by atoms with Gasteiger partial charge in [0, 0.05) is 18.7 Å². The highest BCUT2D eigenvalue weighted by molar-refractivity contribution is 5.82. The lowest BCUT2D eigenvalue weighted by Gasteiger charge is -2.23. The van der Waals surface area contributed by atoms with Crippen molar-refractivity contribution >= 4 is 17.5 Å². The minimum Gasteiger partial charge on any atom is -0.352 e. The molecule has 0 aliphatic heterocycles. The average molecular weight is 278 g/mol. The highest BCUT2D eigenvalue weighted by atomic mass is 16.2. The minimum absolute atomic E-state index is 0.0191. The van der Waals surface area contributed by atoms with Crippen LogP contribution in [-0.4, -0.2) is 35.5 Å². The lowest BCUT2D eigenvalue weighted by molar-refractivity contribution is -0.119. The molecular weight excluding hydrogens is 256 g/mol. The molecule has 1 aliphatic rings. The van der Waals surface area contributed by atoms with Gasteiger partial charge < -0.3 is 15.6 Å². The van der Waals surface area contributed by atoms with E-state index in [0.717, 1.165) is 24.2 Å². The number of hydrogen-bond donors (Lipinski definition) is 3. The maximum absolute atomic E-state index is 11.9. The zero-order valence-electron chi connectivity index (χ0n) is 12.2. The van der Waals surface area contributed by atoms with Crippen LogP contribution in [0.15, 0.2) is 6.33 Å². The maximum Gasteiger partial charge on any atom is 0.239 e. The SMILES string of the molecule is CC(C)c1c(NN)ncnc1N(C)CC(=O)NC1CC1. The van der Waals surface area contributed by atoms with Gasteiger partial charge in [-0.1, -0.05) is 13.8 Å². The van der Waals surface area contributed by atoms with Crippen LogP contribution in [0.3, 0.4) is 0 Å². The van der Waals surface area contributed by atoms with Crippen LogP contribution in [0.1, 0.15) is 38.2 Å². The minimum atomic E-state index is 0.0191. The second-order valence-electron chi connectivity index (χ2n) is 5.46. The normalized spacial score (nSPS) is 14.2. The highest BCUT2D eigenvalue weighted by Crippen LogP contribution is 2.29. The summed E-state index contributed by atoms with van der Waals surface area (Å²) in [6.45, 7) is 4.36. The van der Waals surface area contributed by atoms with Crippen molar-refractivity contribution in [1.29, 1.82) is 0 Å². The van der Waals surface area contributed by atoms with Crippen LogP contribution in [-0.2, 0) is 4.79 Å². The van der Waals surface area contributed by atoms with Crippen molar-refractivity contribution in [2.75, 3.05) is 23.9 Å². The molecule has 4 N–H and O–H groups in total. The highest BCUT2D eigenvalue weighted by Gasteiger charge is 2.24. The first kappa shape index (κ1) is 14.5. The molecule has 1 saturated carbocycles. The van der Waals surface area contributed by atoms with Crippen LogP contribution in [0, 0.1) is 0 Å². The van der Waals surface area contributed by atoms with E-state index in [-0.39, 0.29) is 18.4 Å². The van der Waals surface area contributed by atoms with E-state index >= 15 is 0 Å². The summed E-state index contributed by atoms with van der Waals surface area (Å²) in [6, 6.07) is 0.368. The Kier molecular flexibility index (Phi) is 4.39. The summed E-state index contributed by atoms with van der Waals surface area (Å²) in [5.74, 6) is 7.04. The molecule has 1 aliphatic carbocycles. The lowest BCUT2D eigenvalue weighted by atomic mass is 10.0. The van der Waals surface area contributed by atoms with Gasteiger partial charge in [0.25, 0.3) is 0 Å². The fourth-order valence-electron chi connectivity index (χ4n) is 2.13. The largest absolute Gasteiger partial charge is 0.352 e. The van der Waals surface area contributed by atoms with Gasteiger partial charge in [-0.15, -0.1) is 0 Å². The molecule has 1 aromatic rings. The van der Waals surface area contributed by atoms with E-state index < -0.39 is 0 Å². The van der Waals surface area contributed by atoms with E-state index in [9.17, 15) is 4.79 Å². The predicted molar refractivity (Wildman–Crippen MR) is 78.4 cm³/mol. The Morgan fingerprint density at radius 1 is 1.50 bits per heavy atom. The Morgan fingerprint density at radius 3 is 2.75 bits per heavy atom. The van der Waals surface area contributed by atoms with Crippen LogP contribution in [0.25, 0.3) is 0 Å². The second kappa shape index (κ2) is 6.04. The number of nitrogens with two attached hydrogens (primary N) is 1. The third-order valence-electron chi connectivity index (χ3n) is 3.26. The third-order valence-corrected chi connectivity index (χ3v) is 3.26. The standard InChI is InChI=1S/C13H22N6O/c1-8(2)11-12(18-14)15-7-16-13(11)19(3)6-10(20)17-9-4-5-9/h7-9H,4-6,14H2,1-3H3,(H,17,20)(H,15,16,18). The zero-order valence-corrected chi connectivity index (χ0v) is 12.2. The molecule has 20 heavy (non-hydrogen) atoms. The Labute approximate surface area is 118 Å². The van der Waals surface area contributed by atoms with Gasteiger partial charge >= 0.3 is 0 Å². The molecule has 7 nitrogen and oxygen atoms in total. The number of carbonyl (C=O) groups is 1. The van der Waals surface area contributed by atoms with Gasteiger partial charge in [-0.25, -0.2) is 15.8 Å². The molecule has 0 saturated heterocycles. The summed E-state index contributed by atoms with van der Waals surface area (Å²) in [4.78, 5) is 22.1.